The average molecular weight is 322 g/mol. The molecule has 0 radical (unpaired) electrons. The van der Waals surface area contributed by atoms with Crippen molar-refractivity contribution < 1.29 is 4.74 Å². The molecule has 0 aliphatic rings. The lowest BCUT2D eigenvalue weighted by atomic mass is 10.3. The van der Waals surface area contributed by atoms with E-state index in [1.807, 2.05) is 25.1 Å². The normalized spacial score (nSPS) is 11.0. The zero-order chi connectivity index (χ0) is 14.8. The fraction of sp³-hybridized carbons (Fsp3) is 0.154. The van der Waals surface area contributed by atoms with Crippen LogP contribution in [0.25, 0.3) is 11.0 Å². The number of rotatable bonds is 4. The van der Waals surface area contributed by atoms with Crippen molar-refractivity contribution in [2.75, 3.05) is 12.3 Å². The molecule has 0 aliphatic heterocycles. The number of hydrogen-bond donors (Lipinski definition) is 2. The van der Waals surface area contributed by atoms with Gasteiger partial charge in [0, 0.05) is 6.07 Å². The Kier molecular flexibility index (Phi) is 3.85. The smallest absolute Gasteiger partial charge is 0.172 e. The Bertz CT molecular complexity index is 791. The lowest BCUT2D eigenvalue weighted by molar-refractivity contribution is 0.340. The topological polar surface area (TPSA) is 89.7 Å². The number of nitrogens with one attached hydrogen (secondary N) is 1. The highest BCUT2D eigenvalue weighted by atomic mass is 35.5. The van der Waals surface area contributed by atoms with E-state index in [2.05, 4.69) is 19.9 Å². The first-order valence-electron chi connectivity index (χ1n) is 6.23. The number of H-pyrrole nitrogens is 1. The third-order valence-corrected chi connectivity index (χ3v) is 4.09. The second-order valence-electron chi connectivity index (χ2n) is 4.13. The first kappa shape index (κ1) is 14.0. The average Bonchev–Trinajstić information content (AvgIpc) is 2.86. The van der Waals surface area contributed by atoms with Crippen molar-refractivity contribution in [2.45, 2.75) is 17.1 Å². The van der Waals surface area contributed by atoms with Gasteiger partial charge < -0.3 is 15.5 Å². The van der Waals surface area contributed by atoms with Crippen molar-refractivity contribution in [3.63, 3.8) is 0 Å². The summed E-state index contributed by atoms with van der Waals surface area (Å²) in [6, 6.07) is 5.69. The third kappa shape index (κ3) is 2.88. The monoisotopic (exact) mass is 321 g/mol. The number of aromatic amines is 1. The Morgan fingerprint density at radius 1 is 1.38 bits per heavy atom. The van der Waals surface area contributed by atoms with Gasteiger partial charge in [-0.15, -0.1) is 0 Å². The third-order valence-electron chi connectivity index (χ3n) is 2.72. The summed E-state index contributed by atoms with van der Waals surface area (Å²) in [7, 11) is 0. The van der Waals surface area contributed by atoms with E-state index in [-0.39, 0.29) is 5.82 Å². The number of benzene rings is 1. The summed E-state index contributed by atoms with van der Waals surface area (Å²) in [5, 5.41) is 1.57. The van der Waals surface area contributed by atoms with Gasteiger partial charge in [0.05, 0.1) is 17.6 Å². The van der Waals surface area contributed by atoms with Crippen molar-refractivity contribution in [1.29, 1.82) is 0 Å². The minimum absolute atomic E-state index is 0.254. The van der Waals surface area contributed by atoms with E-state index in [1.54, 1.807) is 0 Å². The van der Waals surface area contributed by atoms with Gasteiger partial charge in [0.25, 0.3) is 0 Å². The Morgan fingerprint density at radius 2 is 2.24 bits per heavy atom. The van der Waals surface area contributed by atoms with E-state index >= 15 is 0 Å². The summed E-state index contributed by atoms with van der Waals surface area (Å²) in [6.07, 6.45) is 1.37. The van der Waals surface area contributed by atoms with Gasteiger partial charge in [0.1, 0.15) is 27.9 Å². The summed E-state index contributed by atoms with van der Waals surface area (Å²) in [6.45, 7) is 2.57. The molecule has 0 atom stereocenters. The molecule has 0 aliphatic carbocycles. The number of ether oxygens (including phenoxy) is 1. The van der Waals surface area contributed by atoms with Crippen molar-refractivity contribution in [3.05, 3.63) is 29.5 Å². The number of aromatic nitrogens is 4. The van der Waals surface area contributed by atoms with Gasteiger partial charge in [-0.1, -0.05) is 11.6 Å². The SMILES string of the molecule is CCOc1ccc2nc(Sc3ncnc(N)c3Cl)[nH]c2c1. The summed E-state index contributed by atoms with van der Waals surface area (Å²) in [4.78, 5) is 15.6. The van der Waals surface area contributed by atoms with Crippen molar-refractivity contribution in [1.82, 2.24) is 19.9 Å². The maximum absolute atomic E-state index is 6.08. The molecule has 0 amide bonds. The molecule has 3 aromatic rings. The van der Waals surface area contributed by atoms with Crippen molar-refractivity contribution >= 4 is 40.2 Å². The van der Waals surface area contributed by atoms with Crippen LogP contribution in [0.15, 0.2) is 34.7 Å². The zero-order valence-electron chi connectivity index (χ0n) is 11.1. The van der Waals surface area contributed by atoms with Crippen LogP contribution in [0.5, 0.6) is 5.75 Å². The molecular formula is C13H12ClN5OS. The molecule has 3 N–H and O–H groups in total. The van der Waals surface area contributed by atoms with Crippen LogP contribution in [0.2, 0.25) is 5.02 Å². The predicted molar refractivity (Wildman–Crippen MR) is 82.8 cm³/mol. The summed E-state index contributed by atoms with van der Waals surface area (Å²) in [5.41, 5.74) is 7.40. The number of imidazole rings is 1. The van der Waals surface area contributed by atoms with Crippen LogP contribution < -0.4 is 10.5 Å². The fourth-order valence-corrected chi connectivity index (χ4v) is 2.79. The van der Waals surface area contributed by atoms with Gasteiger partial charge in [0.2, 0.25) is 0 Å². The minimum Gasteiger partial charge on any atom is -0.494 e. The second-order valence-corrected chi connectivity index (χ2v) is 5.49. The van der Waals surface area contributed by atoms with E-state index in [0.717, 1.165) is 16.8 Å². The summed E-state index contributed by atoms with van der Waals surface area (Å²) < 4.78 is 5.46. The lowest BCUT2D eigenvalue weighted by Gasteiger charge is -2.01. The van der Waals surface area contributed by atoms with Gasteiger partial charge in [-0.2, -0.15) is 0 Å². The standard InChI is InChI=1S/C13H12ClN5OS/c1-2-20-7-3-4-8-9(5-7)19-13(18-8)21-12-10(14)11(15)16-6-17-12/h3-6H,2H2,1H3,(H,18,19)(H2,15,16,17). The molecule has 21 heavy (non-hydrogen) atoms. The van der Waals surface area contributed by atoms with Gasteiger partial charge in [-0.25, -0.2) is 15.0 Å². The van der Waals surface area contributed by atoms with Gasteiger partial charge in [0.15, 0.2) is 5.16 Å². The summed E-state index contributed by atoms with van der Waals surface area (Å²) >= 11 is 7.38. The number of fused-ring (bicyclic) bond motifs is 1. The molecule has 0 spiro atoms. The van der Waals surface area contributed by atoms with Crippen LogP contribution in [0.3, 0.4) is 0 Å². The van der Waals surface area contributed by atoms with Crippen molar-refractivity contribution in [2.24, 2.45) is 0 Å². The molecule has 8 heteroatoms. The number of nitrogens with two attached hydrogens (primary N) is 1. The molecule has 2 aromatic heterocycles. The zero-order valence-corrected chi connectivity index (χ0v) is 12.7. The number of hydrogen-bond acceptors (Lipinski definition) is 6. The number of anilines is 1. The number of nitrogen functional groups attached to an aromatic ring is 1. The van der Waals surface area contributed by atoms with E-state index in [1.165, 1.54) is 18.1 Å². The Balaban J connectivity index is 1.92. The van der Waals surface area contributed by atoms with Crippen LogP contribution in [0, 0.1) is 0 Å². The highest BCUT2D eigenvalue weighted by Gasteiger charge is 2.11. The maximum Gasteiger partial charge on any atom is 0.172 e. The minimum atomic E-state index is 0.254. The van der Waals surface area contributed by atoms with Crippen LogP contribution in [0.1, 0.15) is 6.92 Å². The molecule has 0 unspecified atom stereocenters. The Labute approximate surface area is 130 Å². The maximum atomic E-state index is 6.08. The largest absolute Gasteiger partial charge is 0.494 e. The predicted octanol–water partition coefficient (Wildman–Crippen LogP) is 3.14. The highest BCUT2D eigenvalue weighted by Crippen LogP contribution is 2.33. The molecule has 0 saturated carbocycles. The molecule has 6 nitrogen and oxygen atoms in total. The van der Waals surface area contributed by atoms with Gasteiger partial charge in [-0.3, -0.25) is 0 Å². The van der Waals surface area contributed by atoms with Gasteiger partial charge >= 0.3 is 0 Å². The number of nitrogens with zero attached hydrogens (tertiary/aromatic N) is 3. The molecule has 0 bridgehead atoms. The lowest BCUT2D eigenvalue weighted by Crippen LogP contribution is -1.94. The molecule has 1 aromatic carbocycles. The van der Waals surface area contributed by atoms with E-state index < -0.39 is 0 Å². The summed E-state index contributed by atoms with van der Waals surface area (Å²) in [5.74, 6) is 1.05. The first-order valence-corrected chi connectivity index (χ1v) is 7.43. The van der Waals surface area contributed by atoms with Crippen molar-refractivity contribution in [3.8, 4) is 5.75 Å². The van der Waals surface area contributed by atoms with Crippen LogP contribution in [-0.4, -0.2) is 26.5 Å². The van der Waals surface area contributed by atoms with E-state index in [4.69, 9.17) is 22.1 Å². The van der Waals surface area contributed by atoms with Crippen LogP contribution in [0.4, 0.5) is 5.82 Å². The highest BCUT2D eigenvalue weighted by molar-refractivity contribution is 7.99. The molecule has 108 valence electrons. The molecule has 0 saturated heterocycles. The molecule has 3 rings (SSSR count). The van der Waals surface area contributed by atoms with E-state index in [9.17, 15) is 0 Å². The first-order chi connectivity index (χ1) is 10.2. The number of halogens is 1. The van der Waals surface area contributed by atoms with Crippen LogP contribution in [-0.2, 0) is 0 Å². The molecule has 2 heterocycles. The molecule has 0 fully saturated rings. The Morgan fingerprint density at radius 3 is 3.05 bits per heavy atom. The van der Waals surface area contributed by atoms with Crippen LogP contribution >= 0.6 is 23.4 Å². The second kappa shape index (κ2) is 5.79. The fourth-order valence-electron chi connectivity index (χ4n) is 1.80. The van der Waals surface area contributed by atoms with Gasteiger partial charge in [-0.05, 0) is 30.8 Å². The Hall–Kier alpha value is -1.99. The molecular weight excluding hydrogens is 310 g/mol. The van der Waals surface area contributed by atoms with E-state index in [0.29, 0.717) is 21.8 Å². The quantitative estimate of drug-likeness (QED) is 0.717.